The molecule has 0 spiro atoms. The van der Waals surface area contributed by atoms with Crippen molar-refractivity contribution >= 4 is 11.6 Å². The van der Waals surface area contributed by atoms with Crippen LogP contribution in [-0.4, -0.2) is 44.4 Å². The smallest absolute Gasteiger partial charge is 0.274 e. The fourth-order valence-electron chi connectivity index (χ4n) is 2.40. The van der Waals surface area contributed by atoms with Crippen LogP contribution >= 0.6 is 0 Å². The molecule has 1 fully saturated rings. The van der Waals surface area contributed by atoms with Gasteiger partial charge in [-0.05, 0) is 36.8 Å². The summed E-state index contributed by atoms with van der Waals surface area (Å²) in [5.41, 5.74) is 6.83. The van der Waals surface area contributed by atoms with Gasteiger partial charge in [0.2, 0.25) is 0 Å². The molecule has 2 aromatic rings. The third-order valence-corrected chi connectivity index (χ3v) is 3.88. The van der Waals surface area contributed by atoms with Gasteiger partial charge in [-0.15, -0.1) is 0 Å². The maximum atomic E-state index is 12.2. The quantitative estimate of drug-likeness (QED) is 0.826. The van der Waals surface area contributed by atoms with E-state index in [2.05, 4.69) is 5.10 Å². The Morgan fingerprint density at radius 1 is 1.33 bits per heavy atom. The molecule has 1 aliphatic heterocycles. The average molecular weight is 286 g/mol. The van der Waals surface area contributed by atoms with Gasteiger partial charge in [-0.3, -0.25) is 4.79 Å². The molecule has 0 bridgehead atoms. The van der Waals surface area contributed by atoms with Gasteiger partial charge in [0.1, 0.15) is 0 Å². The minimum atomic E-state index is -0.727. The Kier molecular flexibility index (Phi) is 3.17. The summed E-state index contributed by atoms with van der Waals surface area (Å²) in [6.07, 6.45) is 2.39. The Hall–Kier alpha value is -2.34. The minimum Gasteiger partial charge on any atom is -0.399 e. The van der Waals surface area contributed by atoms with E-state index in [9.17, 15) is 9.90 Å². The summed E-state index contributed by atoms with van der Waals surface area (Å²) >= 11 is 0. The summed E-state index contributed by atoms with van der Waals surface area (Å²) in [5.74, 6) is -0.151. The van der Waals surface area contributed by atoms with Crippen LogP contribution in [0.5, 0.6) is 0 Å². The van der Waals surface area contributed by atoms with Gasteiger partial charge >= 0.3 is 0 Å². The first-order valence-corrected chi connectivity index (χ1v) is 6.94. The maximum absolute atomic E-state index is 12.2. The highest BCUT2D eigenvalue weighted by Gasteiger charge is 2.42. The normalized spacial score (nSPS) is 16.6. The SMILES string of the molecule is CCC1(O)CN(C(=O)c2ccn(-c3ccc(N)cc3)n2)C1. The number of aromatic nitrogens is 2. The number of likely N-dealkylation sites (tertiary alicyclic amines) is 1. The lowest BCUT2D eigenvalue weighted by Crippen LogP contribution is -2.63. The van der Waals surface area contributed by atoms with E-state index in [0.717, 1.165) is 5.69 Å². The molecule has 1 aliphatic rings. The van der Waals surface area contributed by atoms with Crippen molar-refractivity contribution < 1.29 is 9.90 Å². The lowest BCUT2D eigenvalue weighted by molar-refractivity contribution is -0.0828. The Morgan fingerprint density at radius 2 is 2.00 bits per heavy atom. The summed E-state index contributed by atoms with van der Waals surface area (Å²) in [7, 11) is 0. The van der Waals surface area contributed by atoms with Gasteiger partial charge in [-0.1, -0.05) is 6.92 Å². The molecule has 0 aliphatic carbocycles. The molecule has 1 amide bonds. The molecule has 1 aromatic carbocycles. The van der Waals surface area contributed by atoms with Crippen LogP contribution in [0.2, 0.25) is 0 Å². The van der Waals surface area contributed by atoms with Crippen LogP contribution < -0.4 is 5.73 Å². The van der Waals surface area contributed by atoms with E-state index in [0.29, 0.717) is 30.9 Å². The van der Waals surface area contributed by atoms with Crippen LogP contribution in [-0.2, 0) is 0 Å². The molecule has 6 nitrogen and oxygen atoms in total. The maximum Gasteiger partial charge on any atom is 0.274 e. The second kappa shape index (κ2) is 4.89. The van der Waals surface area contributed by atoms with Gasteiger partial charge < -0.3 is 15.7 Å². The molecule has 1 aromatic heterocycles. The molecular weight excluding hydrogens is 268 g/mol. The number of rotatable bonds is 3. The van der Waals surface area contributed by atoms with Crippen LogP contribution in [0.4, 0.5) is 5.69 Å². The number of benzene rings is 1. The molecule has 110 valence electrons. The third-order valence-electron chi connectivity index (χ3n) is 3.88. The highest BCUT2D eigenvalue weighted by Crippen LogP contribution is 2.25. The number of carbonyl (C=O) groups excluding carboxylic acids is 1. The van der Waals surface area contributed by atoms with Crippen molar-refractivity contribution in [2.45, 2.75) is 18.9 Å². The number of amides is 1. The number of β-amino-alcohol motifs (C(OH)–C–C–N with tert-alkyl or cyclic N) is 1. The van der Waals surface area contributed by atoms with E-state index < -0.39 is 5.60 Å². The summed E-state index contributed by atoms with van der Waals surface area (Å²) < 4.78 is 1.64. The largest absolute Gasteiger partial charge is 0.399 e. The van der Waals surface area contributed by atoms with E-state index in [1.807, 2.05) is 19.1 Å². The molecule has 0 atom stereocenters. The van der Waals surface area contributed by atoms with Gasteiger partial charge in [0.25, 0.3) is 5.91 Å². The van der Waals surface area contributed by atoms with Crippen molar-refractivity contribution in [1.82, 2.24) is 14.7 Å². The molecule has 1 saturated heterocycles. The number of hydrogen-bond acceptors (Lipinski definition) is 4. The molecule has 21 heavy (non-hydrogen) atoms. The summed E-state index contributed by atoms with van der Waals surface area (Å²) in [6, 6.07) is 8.94. The average Bonchev–Trinajstić information content (AvgIpc) is 2.93. The van der Waals surface area contributed by atoms with Crippen molar-refractivity contribution in [3.8, 4) is 5.69 Å². The predicted octanol–water partition coefficient (Wildman–Crippen LogP) is 1.05. The van der Waals surface area contributed by atoms with E-state index in [1.54, 1.807) is 34.0 Å². The molecular formula is C15H18N4O2. The monoisotopic (exact) mass is 286 g/mol. The molecule has 0 saturated carbocycles. The zero-order valence-electron chi connectivity index (χ0n) is 11.9. The standard InChI is InChI=1S/C15H18N4O2/c1-2-15(21)9-18(10-15)14(20)13-7-8-19(17-13)12-5-3-11(16)4-6-12/h3-8,21H,2,9-10,16H2,1H3. The summed E-state index contributed by atoms with van der Waals surface area (Å²) in [6.45, 7) is 2.66. The van der Waals surface area contributed by atoms with Crippen LogP contribution in [0.15, 0.2) is 36.5 Å². The number of aliphatic hydroxyl groups is 1. The van der Waals surface area contributed by atoms with E-state index in [1.165, 1.54) is 0 Å². The Morgan fingerprint density at radius 3 is 2.62 bits per heavy atom. The van der Waals surface area contributed by atoms with Gasteiger partial charge in [-0.25, -0.2) is 4.68 Å². The first-order chi connectivity index (χ1) is 10.0. The van der Waals surface area contributed by atoms with Gasteiger partial charge in [0.15, 0.2) is 5.69 Å². The van der Waals surface area contributed by atoms with E-state index >= 15 is 0 Å². The number of anilines is 1. The molecule has 3 rings (SSSR count). The lowest BCUT2D eigenvalue weighted by atomic mass is 9.91. The second-order valence-electron chi connectivity index (χ2n) is 5.48. The molecule has 6 heteroatoms. The Labute approximate surface area is 122 Å². The topological polar surface area (TPSA) is 84.4 Å². The van der Waals surface area contributed by atoms with Crippen LogP contribution in [0.3, 0.4) is 0 Å². The predicted molar refractivity (Wildman–Crippen MR) is 79.1 cm³/mol. The number of nitrogen functional groups attached to an aromatic ring is 1. The zero-order chi connectivity index (χ0) is 15.0. The van der Waals surface area contributed by atoms with Crippen molar-refractivity contribution in [3.05, 3.63) is 42.2 Å². The number of nitrogens with two attached hydrogens (primary N) is 1. The number of nitrogens with zero attached hydrogens (tertiary/aromatic N) is 3. The molecule has 2 heterocycles. The van der Waals surface area contributed by atoms with Crippen LogP contribution in [0.1, 0.15) is 23.8 Å². The summed E-state index contributed by atoms with van der Waals surface area (Å²) in [4.78, 5) is 13.9. The van der Waals surface area contributed by atoms with Gasteiger partial charge in [-0.2, -0.15) is 5.10 Å². The van der Waals surface area contributed by atoms with Crippen LogP contribution in [0.25, 0.3) is 5.69 Å². The number of carbonyl (C=O) groups is 1. The van der Waals surface area contributed by atoms with Crippen molar-refractivity contribution in [3.63, 3.8) is 0 Å². The second-order valence-corrected chi connectivity index (χ2v) is 5.48. The molecule has 0 radical (unpaired) electrons. The van der Waals surface area contributed by atoms with E-state index in [4.69, 9.17) is 5.73 Å². The first kappa shape index (κ1) is 13.6. The van der Waals surface area contributed by atoms with Crippen molar-refractivity contribution in [1.29, 1.82) is 0 Å². The lowest BCUT2D eigenvalue weighted by Gasteiger charge is -2.45. The zero-order valence-corrected chi connectivity index (χ0v) is 11.9. The fourth-order valence-corrected chi connectivity index (χ4v) is 2.40. The first-order valence-electron chi connectivity index (χ1n) is 6.94. The number of hydrogen-bond donors (Lipinski definition) is 2. The fraction of sp³-hybridized carbons (Fsp3) is 0.333. The third kappa shape index (κ3) is 2.50. The molecule has 0 unspecified atom stereocenters. The minimum absolute atomic E-state index is 0.151. The highest BCUT2D eigenvalue weighted by atomic mass is 16.3. The Balaban J connectivity index is 1.73. The Bertz CT molecular complexity index is 657. The van der Waals surface area contributed by atoms with Gasteiger partial charge in [0.05, 0.1) is 24.4 Å². The van der Waals surface area contributed by atoms with Crippen molar-refractivity contribution in [2.24, 2.45) is 0 Å². The molecule has 3 N–H and O–H groups in total. The van der Waals surface area contributed by atoms with E-state index in [-0.39, 0.29) is 5.91 Å². The van der Waals surface area contributed by atoms with Crippen molar-refractivity contribution in [2.75, 3.05) is 18.8 Å². The highest BCUT2D eigenvalue weighted by molar-refractivity contribution is 5.93. The summed E-state index contributed by atoms with van der Waals surface area (Å²) in [5, 5.41) is 14.3. The van der Waals surface area contributed by atoms with Crippen LogP contribution in [0, 0.1) is 0 Å². The van der Waals surface area contributed by atoms with Gasteiger partial charge in [0, 0.05) is 11.9 Å².